The van der Waals surface area contributed by atoms with E-state index in [-0.39, 0.29) is 0 Å². The lowest BCUT2D eigenvalue weighted by Gasteiger charge is -2.40. The number of hydrogen-bond acceptors (Lipinski definition) is 3. The van der Waals surface area contributed by atoms with Crippen LogP contribution in [-0.4, -0.2) is 49.8 Å². The Morgan fingerprint density at radius 1 is 1.29 bits per heavy atom. The Morgan fingerprint density at radius 2 is 2.18 bits per heavy atom. The Hall–Kier alpha value is -0.120. The number of nitrogens with zero attached hydrogens (tertiary/aromatic N) is 1. The van der Waals surface area contributed by atoms with Crippen molar-refractivity contribution in [2.75, 3.05) is 32.8 Å². The Morgan fingerprint density at radius 3 is 2.94 bits per heavy atom. The maximum atomic E-state index is 5.67. The Bertz CT molecular complexity index is 220. The van der Waals surface area contributed by atoms with Gasteiger partial charge in [-0.1, -0.05) is 13.3 Å². The van der Waals surface area contributed by atoms with Crippen LogP contribution >= 0.6 is 0 Å². The lowest BCUT2D eigenvalue weighted by atomic mass is 9.93. The normalized spacial score (nSPS) is 36.0. The van der Waals surface area contributed by atoms with Gasteiger partial charge < -0.3 is 15.0 Å². The van der Waals surface area contributed by atoms with Crippen LogP contribution < -0.4 is 5.32 Å². The van der Waals surface area contributed by atoms with Crippen molar-refractivity contribution in [1.29, 1.82) is 0 Å². The van der Waals surface area contributed by atoms with E-state index in [0.29, 0.717) is 12.0 Å². The first-order valence-electron chi connectivity index (χ1n) is 7.36. The standard InChI is InChI=1S/C14H28N2O/c1-3-15-14-7-9-17-11-13(14)10-16-8-5-4-6-12(16)2/h12-15H,3-11H2,1-2H3. The molecule has 3 heteroatoms. The number of likely N-dealkylation sites (tertiary alicyclic amines) is 1. The highest BCUT2D eigenvalue weighted by molar-refractivity contribution is 4.84. The van der Waals surface area contributed by atoms with Crippen molar-refractivity contribution in [1.82, 2.24) is 10.2 Å². The van der Waals surface area contributed by atoms with Crippen LogP contribution in [0.5, 0.6) is 0 Å². The van der Waals surface area contributed by atoms with E-state index in [2.05, 4.69) is 24.1 Å². The second-order valence-electron chi connectivity index (χ2n) is 5.63. The van der Waals surface area contributed by atoms with E-state index in [1.54, 1.807) is 0 Å². The molecule has 3 nitrogen and oxygen atoms in total. The molecule has 0 aromatic carbocycles. The zero-order valence-corrected chi connectivity index (χ0v) is 11.5. The summed E-state index contributed by atoms with van der Waals surface area (Å²) in [6.45, 7) is 10.1. The van der Waals surface area contributed by atoms with E-state index in [4.69, 9.17) is 4.74 Å². The van der Waals surface area contributed by atoms with Gasteiger partial charge in [0.05, 0.1) is 6.61 Å². The lowest BCUT2D eigenvalue weighted by molar-refractivity contribution is 0.00689. The molecule has 2 aliphatic heterocycles. The van der Waals surface area contributed by atoms with Crippen LogP contribution in [0.2, 0.25) is 0 Å². The van der Waals surface area contributed by atoms with Crippen LogP contribution in [0.15, 0.2) is 0 Å². The molecule has 0 spiro atoms. The van der Waals surface area contributed by atoms with Gasteiger partial charge in [0.15, 0.2) is 0 Å². The third-order valence-electron chi connectivity index (χ3n) is 4.35. The van der Waals surface area contributed by atoms with Gasteiger partial charge in [0.1, 0.15) is 0 Å². The molecule has 3 atom stereocenters. The number of rotatable bonds is 4. The highest BCUT2D eigenvalue weighted by Gasteiger charge is 2.29. The first-order valence-corrected chi connectivity index (χ1v) is 7.36. The van der Waals surface area contributed by atoms with Gasteiger partial charge in [-0.25, -0.2) is 0 Å². The van der Waals surface area contributed by atoms with Crippen molar-refractivity contribution in [3.8, 4) is 0 Å². The van der Waals surface area contributed by atoms with Crippen molar-refractivity contribution in [2.45, 2.75) is 51.6 Å². The van der Waals surface area contributed by atoms with Crippen molar-refractivity contribution in [3.63, 3.8) is 0 Å². The molecule has 100 valence electrons. The molecular formula is C14H28N2O. The minimum Gasteiger partial charge on any atom is -0.381 e. The van der Waals surface area contributed by atoms with Gasteiger partial charge in [-0.2, -0.15) is 0 Å². The number of piperidine rings is 1. The Kier molecular flexibility index (Phi) is 5.26. The van der Waals surface area contributed by atoms with Crippen LogP contribution in [0.3, 0.4) is 0 Å². The summed E-state index contributed by atoms with van der Waals surface area (Å²) in [6.07, 6.45) is 5.35. The predicted molar refractivity (Wildman–Crippen MR) is 71.3 cm³/mol. The highest BCUT2D eigenvalue weighted by Crippen LogP contribution is 2.22. The first kappa shape index (κ1) is 13.3. The molecule has 0 radical (unpaired) electrons. The topological polar surface area (TPSA) is 24.5 Å². The van der Waals surface area contributed by atoms with E-state index in [1.807, 2.05) is 0 Å². The molecule has 2 fully saturated rings. The zero-order valence-electron chi connectivity index (χ0n) is 11.5. The fourth-order valence-electron chi connectivity index (χ4n) is 3.24. The van der Waals surface area contributed by atoms with Crippen LogP contribution in [0, 0.1) is 5.92 Å². The van der Waals surface area contributed by atoms with Crippen molar-refractivity contribution >= 4 is 0 Å². The SMILES string of the molecule is CCNC1CCOCC1CN1CCCCC1C. The molecule has 0 aromatic heterocycles. The van der Waals surface area contributed by atoms with Crippen LogP contribution in [0.4, 0.5) is 0 Å². The molecule has 0 bridgehead atoms. The van der Waals surface area contributed by atoms with E-state index < -0.39 is 0 Å². The lowest BCUT2D eigenvalue weighted by Crippen LogP contribution is -2.50. The fourth-order valence-corrected chi connectivity index (χ4v) is 3.24. The molecule has 3 unspecified atom stereocenters. The average molecular weight is 240 g/mol. The second kappa shape index (κ2) is 6.72. The Balaban J connectivity index is 1.85. The van der Waals surface area contributed by atoms with Gasteiger partial charge in [-0.15, -0.1) is 0 Å². The van der Waals surface area contributed by atoms with E-state index >= 15 is 0 Å². The predicted octanol–water partition coefficient (Wildman–Crippen LogP) is 1.88. The molecule has 2 heterocycles. The van der Waals surface area contributed by atoms with Crippen LogP contribution in [-0.2, 0) is 4.74 Å². The summed E-state index contributed by atoms with van der Waals surface area (Å²) in [5.41, 5.74) is 0. The molecule has 2 aliphatic rings. The third-order valence-corrected chi connectivity index (χ3v) is 4.35. The maximum Gasteiger partial charge on any atom is 0.0521 e. The van der Waals surface area contributed by atoms with Gasteiger partial charge in [-0.05, 0) is 39.3 Å². The third kappa shape index (κ3) is 3.67. The molecule has 0 saturated carbocycles. The molecule has 2 rings (SSSR count). The molecule has 17 heavy (non-hydrogen) atoms. The van der Waals surface area contributed by atoms with Crippen LogP contribution in [0.25, 0.3) is 0 Å². The van der Waals surface area contributed by atoms with Gasteiger partial charge in [0.25, 0.3) is 0 Å². The molecule has 0 aromatic rings. The van der Waals surface area contributed by atoms with Gasteiger partial charge in [0, 0.05) is 31.2 Å². The van der Waals surface area contributed by atoms with Crippen molar-refractivity contribution < 1.29 is 4.74 Å². The van der Waals surface area contributed by atoms with E-state index in [9.17, 15) is 0 Å². The van der Waals surface area contributed by atoms with Crippen LogP contribution in [0.1, 0.15) is 39.5 Å². The minimum atomic E-state index is 0.669. The molecular weight excluding hydrogens is 212 g/mol. The average Bonchev–Trinajstić information content (AvgIpc) is 2.35. The zero-order chi connectivity index (χ0) is 12.1. The number of hydrogen-bond donors (Lipinski definition) is 1. The number of nitrogens with one attached hydrogen (secondary N) is 1. The van der Waals surface area contributed by atoms with Gasteiger partial charge in [0.2, 0.25) is 0 Å². The number of ether oxygens (including phenoxy) is 1. The summed E-state index contributed by atoms with van der Waals surface area (Å²) in [5, 5.41) is 3.63. The quantitative estimate of drug-likeness (QED) is 0.812. The summed E-state index contributed by atoms with van der Waals surface area (Å²) in [6, 6.07) is 1.44. The van der Waals surface area contributed by atoms with E-state index in [1.165, 1.54) is 38.8 Å². The first-order chi connectivity index (χ1) is 8.31. The Labute approximate surface area is 106 Å². The van der Waals surface area contributed by atoms with Gasteiger partial charge >= 0.3 is 0 Å². The summed E-state index contributed by atoms with van der Waals surface area (Å²) >= 11 is 0. The van der Waals surface area contributed by atoms with E-state index in [0.717, 1.165) is 25.8 Å². The monoisotopic (exact) mass is 240 g/mol. The molecule has 1 N–H and O–H groups in total. The summed E-state index contributed by atoms with van der Waals surface area (Å²) in [5.74, 6) is 0.684. The second-order valence-corrected chi connectivity index (χ2v) is 5.63. The van der Waals surface area contributed by atoms with Crippen molar-refractivity contribution in [2.24, 2.45) is 5.92 Å². The molecule has 0 amide bonds. The van der Waals surface area contributed by atoms with Crippen molar-refractivity contribution in [3.05, 3.63) is 0 Å². The largest absolute Gasteiger partial charge is 0.381 e. The smallest absolute Gasteiger partial charge is 0.0521 e. The fraction of sp³-hybridized carbons (Fsp3) is 1.00. The molecule has 0 aliphatic carbocycles. The highest BCUT2D eigenvalue weighted by atomic mass is 16.5. The summed E-state index contributed by atoms with van der Waals surface area (Å²) < 4.78 is 5.67. The molecule has 2 saturated heterocycles. The maximum absolute atomic E-state index is 5.67. The summed E-state index contributed by atoms with van der Waals surface area (Å²) in [4.78, 5) is 2.67. The summed E-state index contributed by atoms with van der Waals surface area (Å²) in [7, 11) is 0. The minimum absolute atomic E-state index is 0.669. The van der Waals surface area contributed by atoms with Gasteiger partial charge in [-0.3, -0.25) is 0 Å².